The fourth-order valence-electron chi connectivity index (χ4n) is 7.99. The van der Waals surface area contributed by atoms with Crippen LogP contribution in [-0.4, -0.2) is 88.1 Å². The van der Waals surface area contributed by atoms with E-state index in [1.807, 2.05) is 72.8 Å². The van der Waals surface area contributed by atoms with Gasteiger partial charge in [0.1, 0.15) is 17.7 Å². The second kappa shape index (κ2) is 15.5. The van der Waals surface area contributed by atoms with E-state index >= 15 is 4.79 Å². The van der Waals surface area contributed by atoms with E-state index in [2.05, 4.69) is 34.4 Å². The number of anilines is 1. The van der Waals surface area contributed by atoms with Gasteiger partial charge < -0.3 is 29.7 Å². The monoisotopic (exact) mass is 757 g/mol. The predicted molar refractivity (Wildman–Crippen MR) is 198 cm³/mol. The zero-order chi connectivity index (χ0) is 36.3. The molecule has 3 aliphatic rings. The number of hydrogen-bond acceptors (Lipinski definition) is 7. The number of halogens is 1. The Hall–Kier alpha value is -4.32. The number of allylic oxidation sites excluding steroid dienone is 1. The van der Waals surface area contributed by atoms with Crippen molar-refractivity contribution >= 4 is 56.1 Å². The summed E-state index contributed by atoms with van der Waals surface area (Å²) < 4.78 is 12.6. The van der Waals surface area contributed by atoms with Crippen LogP contribution >= 0.6 is 15.9 Å². The third-order valence-electron chi connectivity index (χ3n) is 10.3. The Labute approximate surface area is 306 Å². The van der Waals surface area contributed by atoms with Gasteiger partial charge in [0.15, 0.2) is 0 Å². The molecule has 2 N–H and O–H groups in total. The van der Waals surface area contributed by atoms with E-state index in [1.54, 1.807) is 24.0 Å². The maximum atomic E-state index is 15.2. The number of nitrogens with zero attached hydrogens (tertiary/aromatic N) is 2. The molecule has 6 rings (SSSR count). The molecule has 0 aromatic heterocycles. The number of likely N-dealkylation sites (tertiary alicyclic amines) is 1. The molecule has 3 aliphatic heterocycles. The summed E-state index contributed by atoms with van der Waals surface area (Å²) in [5, 5.41) is 15.6. The van der Waals surface area contributed by atoms with Gasteiger partial charge in [0, 0.05) is 23.5 Å². The lowest BCUT2D eigenvalue weighted by Crippen LogP contribution is -2.59. The van der Waals surface area contributed by atoms with Crippen LogP contribution in [0.1, 0.15) is 31.7 Å². The highest BCUT2D eigenvalue weighted by Crippen LogP contribution is 2.61. The van der Waals surface area contributed by atoms with Crippen molar-refractivity contribution in [2.45, 2.75) is 67.3 Å². The minimum Gasteiger partial charge on any atom is -0.460 e. The molecule has 0 aliphatic carbocycles. The van der Waals surface area contributed by atoms with Gasteiger partial charge in [-0.3, -0.25) is 19.2 Å². The summed E-state index contributed by atoms with van der Waals surface area (Å²) in [4.78, 5) is 58.9. The van der Waals surface area contributed by atoms with Crippen molar-refractivity contribution in [3.8, 4) is 0 Å². The molecule has 8 atom stereocenters. The van der Waals surface area contributed by atoms with Crippen molar-refractivity contribution in [2.24, 2.45) is 11.8 Å². The number of ether oxygens (including phenoxy) is 2. The largest absolute Gasteiger partial charge is 0.460 e. The van der Waals surface area contributed by atoms with E-state index in [0.717, 1.165) is 16.3 Å². The van der Waals surface area contributed by atoms with Crippen LogP contribution in [0.5, 0.6) is 0 Å². The van der Waals surface area contributed by atoms with E-state index in [-0.39, 0.29) is 36.7 Å². The van der Waals surface area contributed by atoms with Crippen LogP contribution in [-0.2, 0) is 35.1 Å². The fourth-order valence-corrected chi connectivity index (χ4v) is 8.93. The lowest BCUT2D eigenvalue weighted by molar-refractivity contribution is -0.159. The standard InChI is InChI=1S/C40H44BrN3O7/c1-4-6-16-32(46)42-23-25(3)50-39(49)33-34-37(47)44(30(24-45)20-26-12-8-7-9-13-26)36(40(34)22-31(41)35(33)51-40)38(48)43(19-5-2)29-18-17-27-14-10-11-15-28(27)21-29/h4-5,7-15,17-18,21,25,30-31,33-36,45H,1-2,6,16,19-20,22-24H2,3H3,(H,42,46)/t25-,30+,31?,33+,34-,35+,36+,40-/m0/s1. The molecule has 1 spiro atoms. The Balaban J connectivity index is 1.37. The summed E-state index contributed by atoms with van der Waals surface area (Å²) in [6, 6.07) is 21.1. The first kappa shape index (κ1) is 36.5. The van der Waals surface area contributed by atoms with Gasteiger partial charge in [0.25, 0.3) is 5.91 Å². The van der Waals surface area contributed by atoms with Gasteiger partial charge in [-0.15, -0.1) is 13.2 Å². The lowest BCUT2D eigenvalue weighted by Gasteiger charge is -2.39. The van der Waals surface area contributed by atoms with E-state index in [4.69, 9.17) is 9.47 Å². The molecule has 3 fully saturated rings. The second-order valence-electron chi connectivity index (χ2n) is 13.6. The molecule has 3 saturated heterocycles. The number of rotatable bonds is 15. The van der Waals surface area contributed by atoms with E-state index < -0.39 is 66.1 Å². The molecule has 2 bridgehead atoms. The third-order valence-corrected chi connectivity index (χ3v) is 11.1. The molecule has 3 heterocycles. The number of hydrogen-bond donors (Lipinski definition) is 2. The first-order valence-corrected chi connectivity index (χ1v) is 18.3. The normalized spacial score (nSPS) is 26.0. The molecular formula is C40H44BrN3O7. The van der Waals surface area contributed by atoms with Crippen LogP contribution in [0.2, 0.25) is 0 Å². The highest BCUT2D eigenvalue weighted by Gasteiger charge is 2.77. The Morgan fingerprint density at radius 3 is 2.53 bits per heavy atom. The molecule has 0 radical (unpaired) electrons. The van der Waals surface area contributed by atoms with Gasteiger partial charge in [0.2, 0.25) is 11.8 Å². The average molecular weight is 759 g/mol. The van der Waals surface area contributed by atoms with Crippen molar-refractivity contribution in [1.82, 2.24) is 10.2 Å². The number of carbonyl (C=O) groups is 4. The van der Waals surface area contributed by atoms with Crippen molar-refractivity contribution in [2.75, 3.05) is 24.6 Å². The molecule has 3 aromatic rings. The SMILES string of the molecule is C=CCCC(=O)NC[C@H](C)OC(=O)[C@H]1[C@@H]2O[C@@]3(CC2Br)[C@@H]1C(=O)N([C@@H](CO)Cc1ccccc1)[C@@H]3C(=O)N(CC=C)c1ccc2ccccc2c1. The van der Waals surface area contributed by atoms with Gasteiger partial charge in [-0.2, -0.15) is 0 Å². The summed E-state index contributed by atoms with van der Waals surface area (Å²) in [5.74, 6) is -3.69. The van der Waals surface area contributed by atoms with E-state index in [9.17, 15) is 19.5 Å². The van der Waals surface area contributed by atoms with Gasteiger partial charge in [-0.05, 0) is 54.7 Å². The average Bonchev–Trinajstić information content (AvgIpc) is 3.74. The summed E-state index contributed by atoms with van der Waals surface area (Å²) >= 11 is 3.72. The smallest absolute Gasteiger partial charge is 0.312 e. The minimum atomic E-state index is -1.38. The van der Waals surface area contributed by atoms with Gasteiger partial charge in [-0.25, -0.2) is 0 Å². The zero-order valence-corrected chi connectivity index (χ0v) is 30.2. The molecule has 3 amide bonds. The van der Waals surface area contributed by atoms with Crippen LogP contribution < -0.4 is 10.2 Å². The molecule has 51 heavy (non-hydrogen) atoms. The molecule has 3 aromatic carbocycles. The first-order valence-electron chi connectivity index (χ1n) is 17.4. The molecule has 0 saturated carbocycles. The third kappa shape index (κ3) is 6.99. The van der Waals surface area contributed by atoms with Crippen LogP contribution in [0, 0.1) is 11.8 Å². The van der Waals surface area contributed by atoms with Crippen molar-refractivity contribution in [3.05, 3.63) is 104 Å². The van der Waals surface area contributed by atoms with Crippen LogP contribution in [0.3, 0.4) is 0 Å². The molecule has 268 valence electrons. The maximum Gasteiger partial charge on any atom is 0.312 e. The Morgan fingerprint density at radius 2 is 1.82 bits per heavy atom. The van der Waals surface area contributed by atoms with E-state index in [1.165, 1.54) is 4.90 Å². The van der Waals surface area contributed by atoms with Gasteiger partial charge in [-0.1, -0.05) is 88.7 Å². The summed E-state index contributed by atoms with van der Waals surface area (Å²) in [6.07, 6.45) is 3.26. The summed E-state index contributed by atoms with van der Waals surface area (Å²) in [5.41, 5.74) is 0.127. The number of amides is 3. The molecule has 11 heteroatoms. The molecule has 10 nitrogen and oxygen atoms in total. The summed E-state index contributed by atoms with van der Waals surface area (Å²) in [6.45, 7) is 9.07. The van der Waals surface area contributed by atoms with Crippen LogP contribution in [0.15, 0.2) is 98.1 Å². The van der Waals surface area contributed by atoms with Gasteiger partial charge in [0.05, 0.1) is 37.1 Å². The maximum absolute atomic E-state index is 15.2. The Bertz CT molecular complexity index is 1800. The number of alkyl halides is 1. The number of fused-ring (bicyclic) bond motifs is 2. The number of aliphatic hydroxyl groups is 1. The van der Waals surface area contributed by atoms with Crippen molar-refractivity contribution in [3.63, 3.8) is 0 Å². The second-order valence-corrected chi connectivity index (χ2v) is 14.8. The number of aliphatic hydroxyl groups excluding tert-OH is 1. The Kier molecular flexibility index (Phi) is 11.1. The van der Waals surface area contributed by atoms with Crippen molar-refractivity contribution in [1.29, 1.82) is 0 Å². The van der Waals surface area contributed by atoms with Crippen LogP contribution in [0.25, 0.3) is 10.8 Å². The molecular weight excluding hydrogens is 714 g/mol. The minimum absolute atomic E-state index is 0.0978. The highest BCUT2D eigenvalue weighted by molar-refractivity contribution is 9.09. The van der Waals surface area contributed by atoms with Crippen molar-refractivity contribution < 1.29 is 33.8 Å². The van der Waals surface area contributed by atoms with E-state index in [0.29, 0.717) is 18.5 Å². The van der Waals surface area contributed by atoms with Gasteiger partial charge >= 0.3 is 5.97 Å². The lowest BCUT2D eigenvalue weighted by atomic mass is 9.70. The fraction of sp³-hybridized carbons (Fsp3) is 0.400. The predicted octanol–water partition coefficient (Wildman–Crippen LogP) is 4.72. The highest BCUT2D eigenvalue weighted by atomic mass is 79.9. The molecule has 1 unspecified atom stereocenters. The number of carbonyl (C=O) groups excluding carboxylic acids is 4. The first-order chi connectivity index (χ1) is 24.6. The quantitative estimate of drug-likeness (QED) is 0.131. The number of benzene rings is 3. The number of esters is 1. The zero-order valence-electron chi connectivity index (χ0n) is 28.7. The Morgan fingerprint density at radius 1 is 1.10 bits per heavy atom. The summed E-state index contributed by atoms with van der Waals surface area (Å²) in [7, 11) is 0. The van der Waals surface area contributed by atoms with Crippen LogP contribution in [0.4, 0.5) is 5.69 Å². The topological polar surface area (TPSA) is 125 Å². The number of nitrogens with one attached hydrogen (secondary N) is 1.